The molecule has 1 aliphatic rings. The molecule has 0 aliphatic carbocycles. The van der Waals surface area contributed by atoms with Gasteiger partial charge in [0, 0.05) is 19.3 Å². The number of hydrogen-bond acceptors (Lipinski definition) is 3. The number of rotatable bonds is 5. The molecule has 0 bridgehead atoms. The molecule has 0 atom stereocenters. The molecule has 2 aromatic carbocycles. The minimum absolute atomic E-state index is 0.0140. The van der Waals surface area contributed by atoms with Crippen LogP contribution in [0.2, 0.25) is 0 Å². The van der Waals surface area contributed by atoms with Gasteiger partial charge in [-0.1, -0.05) is 42.5 Å². The van der Waals surface area contributed by atoms with Gasteiger partial charge in [0.05, 0.1) is 17.9 Å². The molecule has 25 heavy (non-hydrogen) atoms. The summed E-state index contributed by atoms with van der Waals surface area (Å²) in [6.45, 7) is 0.512. The van der Waals surface area contributed by atoms with Crippen molar-refractivity contribution >= 4 is 23.2 Å². The van der Waals surface area contributed by atoms with Gasteiger partial charge in [-0.3, -0.25) is 9.59 Å². The van der Waals surface area contributed by atoms with Crippen molar-refractivity contribution in [1.29, 1.82) is 0 Å². The predicted molar refractivity (Wildman–Crippen MR) is 93.6 cm³/mol. The van der Waals surface area contributed by atoms with E-state index in [0.717, 1.165) is 11.3 Å². The van der Waals surface area contributed by atoms with Gasteiger partial charge < -0.3 is 5.32 Å². The van der Waals surface area contributed by atoms with Crippen LogP contribution in [-0.4, -0.2) is 29.1 Å². The summed E-state index contributed by atoms with van der Waals surface area (Å²) >= 11 is 0. The zero-order valence-electron chi connectivity index (χ0n) is 13.6. The molecule has 3 rings (SSSR count). The van der Waals surface area contributed by atoms with Crippen molar-refractivity contribution in [1.82, 2.24) is 5.01 Å². The SMILES string of the molecule is O=C(CCC(=O)N1CCC(c2ccccc2)=N1)Nc1ccccc1F. The standard InChI is InChI=1S/C19H18FN3O2/c20-15-8-4-5-9-17(15)21-18(24)10-11-19(25)23-13-12-16(22-23)14-6-2-1-3-7-14/h1-9H,10-13H2,(H,21,24). The van der Waals surface area contributed by atoms with Crippen molar-refractivity contribution in [2.24, 2.45) is 5.10 Å². The summed E-state index contributed by atoms with van der Waals surface area (Å²) < 4.78 is 13.5. The lowest BCUT2D eigenvalue weighted by Gasteiger charge is -2.11. The molecule has 0 aromatic heterocycles. The fraction of sp³-hybridized carbons (Fsp3) is 0.211. The van der Waals surface area contributed by atoms with Gasteiger partial charge in [0.25, 0.3) is 0 Å². The molecule has 0 radical (unpaired) electrons. The number of para-hydroxylation sites is 1. The Balaban J connectivity index is 1.52. The largest absolute Gasteiger partial charge is 0.324 e. The lowest BCUT2D eigenvalue weighted by molar-refractivity contribution is -0.132. The molecule has 0 saturated heterocycles. The van der Waals surface area contributed by atoms with Gasteiger partial charge in [0.2, 0.25) is 11.8 Å². The van der Waals surface area contributed by atoms with Crippen LogP contribution in [0.25, 0.3) is 0 Å². The molecule has 0 unspecified atom stereocenters. The van der Waals surface area contributed by atoms with Crippen LogP contribution in [0.4, 0.5) is 10.1 Å². The van der Waals surface area contributed by atoms with E-state index in [2.05, 4.69) is 10.4 Å². The molecule has 128 valence electrons. The Morgan fingerprint density at radius 3 is 2.52 bits per heavy atom. The van der Waals surface area contributed by atoms with Gasteiger partial charge in [-0.05, 0) is 17.7 Å². The molecule has 2 aromatic rings. The van der Waals surface area contributed by atoms with E-state index in [0.29, 0.717) is 13.0 Å². The molecular weight excluding hydrogens is 321 g/mol. The van der Waals surface area contributed by atoms with E-state index >= 15 is 0 Å². The van der Waals surface area contributed by atoms with E-state index in [4.69, 9.17) is 0 Å². The third-order valence-corrected chi connectivity index (χ3v) is 3.91. The molecular formula is C19H18FN3O2. The number of amides is 2. The normalized spacial score (nSPS) is 13.5. The van der Waals surface area contributed by atoms with Crippen LogP contribution in [0.3, 0.4) is 0 Å². The van der Waals surface area contributed by atoms with Crippen molar-refractivity contribution in [3.05, 3.63) is 66.0 Å². The number of nitrogens with one attached hydrogen (secondary N) is 1. The first-order valence-corrected chi connectivity index (χ1v) is 8.11. The summed E-state index contributed by atoms with van der Waals surface area (Å²) in [6, 6.07) is 15.6. The third-order valence-electron chi connectivity index (χ3n) is 3.91. The molecule has 2 amide bonds. The Labute approximate surface area is 145 Å². The number of halogens is 1. The topological polar surface area (TPSA) is 61.8 Å². The maximum Gasteiger partial charge on any atom is 0.243 e. The summed E-state index contributed by atoms with van der Waals surface area (Å²) in [7, 11) is 0. The minimum atomic E-state index is -0.501. The highest BCUT2D eigenvalue weighted by atomic mass is 19.1. The lowest BCUT2D eigenvalue weighted by Crippen LogP contribution is -2.25. The molecule has 0 fully saturated rings. The summed E-state index contributed by atoms with van der Waals surface area (Å²) in [5, 5.41) is 8.21. The zero-order valence-corrected chi connectivity index (χ0v) is 13.6. The molecule has 6 heteroatoms. The molecule has 5 nitrogen and oxygen atoms in total. The van der Waals surface area contributed by atoms with Gasteiger partial charge in [0.15, 0.2) is 0 Å². The van der Waals surface area contributed by atoms with Crippen molar-refractivity contribution in [3.8, 4) is 0 Å². The van der Waals surface area contributed by atoms with E-state index in [1.54, 1.807) is 12.1 Å². The Morgan fingerprint density at radius 1 is 1.04 bits per heavy atom. The van der Waals surface area contributed by atoms with Crippen LogP contribution in [0, 0.1) is 5.82 Å². The second kappa shape index (κ2) is 7.70. The highest BCUT2D eigenvalue weighted by Crippen LogP contribution is 2.16. The average Bonchev–Trinajstić information content (AvgIpc) is 3.13. The highest BCUT2D eigenvalue weighted by molar-refractivity contribution is 6.02. The fourth-order valence-corrected chi connectivity index (χ4v) is 2.60. The number of carbonyl (C=O) groups excluding carboxylic acids is 2. The second-order valence-electron chi connectivity index (χ2n) is 5.71. The number of benzene rings is 2. The maximum atomic E-state index is 13.5. The van der Waals surface area contributed by atoms with E-state index in [1.807, 2.05) is 30.3 Å². The van der Waals surface area contributed by atoms with Crippen LogP contribution >= 0.6 is 0 Å². The van der Waals surface area contributed by atoms with Gasteiger partial charge in [-0.25, -0.2) is 9.40 Å². The fourth-order valence-electron chi connectivity index (χ4n) is 2.60. The van der Waals surface area contributed by atoms with Gasteiger partial charge in [-0.2, -0.15) is 5.10 Å². The Kier molecular flexibility index (Phi) is 5.18. The van der Waals surface area contributed by atoms with Crippen LogP contribution in [0.1, 0.15) is 24.8 Å². The van der Waals surface area contributed by atoms with Crippen molar-refractivity contribution < 1.29 is 14.0 Å². The Morgan fingerprint density at radius 2 is 1.76 bits per heavy atom. The summed E-state index contributed by atoms with van der Waals surface area (Å²) in [5.41, 5.74) is 1.98. The molecule has 1 aliphatic heterocycles. The van der Waals surface area contributed by atoms with Gasteiger partial charge in [-0.15, -0.1) is 0 Å². The number of nitrogens with zero attached hydrogens (tertiary/aromatic N) is 2. The van der Waals surface area contributed by atoms with Crippen LogP contribution in [0.15, 0.2) is 59.7 Å². The number of hydrazone groups is 1. The van der Waals surface area contributed by atoms with Crippen LogP contribution in [0.5, 0.6) is 0 Å². The second-order valence-corrected chi connectivity index (χ2v) is 5.71. The molecule has 1 N–H and O–H groups in total. The highest BCUT2D eigenvalue weighted by Gasteiger charge is 2.22. The average molecular weight is 339 g/mol. The zero-order chi connectivity index (χ0) is 17.6. The first-order valence-electron chi connectivity index (χ1n) is 8.11. The van der Waals surface area contributed by atoms with E-state index < -0.39 is 11.7 Å². The first-order chi connectivity index (χ1) is 12.1. The number of anilines is 1. The molecule has 0 spiro atoms. The van der Waals surface area contributed by atoms with Crippen molar-refractivity contribution in [3.63, 3.8) is 0 Å². The van der Waals surface area contributed by atoms with Gasteiger partial charge >= 0.3 is 0 Å². The first kappa shape index (κ1) is 16.8. The minimum Gasteiger partial charge on any atom is -0.324 e. The smallest absolute Gasteiger partial charge is 0.243 e. The Hall–Kier alpha value is -3.02. The van der Waals surface area contributed by atoms with Gasteiger partial charge in [0.1, 0.15) is 5.82 Å². The molecule has 0 saturated carbocycles. The Bertz CT molecular complexity index is 805. The van der Waals surface area contributed by atoms with E-state index in [9.17, 15) is 14.0 Å². The predicted octanol–water partition coefficient (Wildman–Crippen LogP) is 3.18. The lowest BCUT2D eigenvalue weighted by atomic mass is 10.1. The van der Waals surface area contributed by atoms with Crippen LogP contribution in [-0.2, 0) is 9.59 Å². The number of hydrogen-bond donors (Lipinski definition) is 1. The summed E-state index contributed by atoms with van der Waals surface area (Å²) in [4.78, 5) is 24.1. The number of carbonyl (C=O) groups is 2. The molecule has 1 heterocycles. The summed E-state index contributed by atoms with van der Waals surface area (Å²) in [6.07, 6.45) is 0.711. The van der Waals surface area contributed by atoms with E-state index in [-0.39, 0.29) is 24.4 Å². The third kappa shape index (κ3) is 4.29. The van der Waals surface area contributed by atoms with Crippen molar-refractivity contribution in [2.45, 2.75) is 19.3 Å². The van der Waals surface area contributed by atoms with Crippen LogP contribution < -0.4 is 5.32 Å². The summed E-state index contributed by atoms with van der Waals surface area (Å²) in [5.74, 6) is -1.11. The van der Waals surface area contributed by atoms with Crippen molar-refractivity contribution in [2.75, 3.05) is 11.9 Å². The van der Waals surface area contributed by atoms with E-state index in [1.165, 1.54) is 17.1 Å². The quantitative estimate of drug-likeness (QED) is 0.909. The maximum absolute atomic E-state index is 13.5. The monoisotopic (exact) mass is 339 g/mol.